The first kappa shape index (κ1) is 23.5. The summed E-state index contributed by atoms with van der Waals surface area (Å²) in [6.07, 6.45) is 6.96. The summed E-state index contributed by atoms with van der Waals surface area (Å²) in [4.78, 5) is 19.0. The van der Waals surface area contributed by atoms with Crippen molar-refractivity contribution < 1.29 is 4.79 Å². The Balaban J connectivity index is 0.00000259. The third-order valence-electron chi connectivity index (χ3n) is 7.18. The molecular formula is C26H28Cl2N4O. The Kier molecular flexibility index (Phi) is 7.17. The molecule has 2 aliphatic heterocycles. The van der Waals surface area contributed by atoms with Crippen LogP contribution in [0, 0.1) is 17.2 Å². The monoisotopic (exact) mass is 482 g/mol. The number of carbonyl (C=O) groups excluding carboxylic acids is 1. The van der Waals surface area contributed by atoms with E-state index < -0.39 is 0 Å². The highest BCUT2D eigenvalue weighted by atomic mass is 35.5. The van der Waals surface area contributed by atoms with E-state index in [2.05, 4.69) is 51.2 Å². The van der Waals surface area contributed by atoms with Gasteiger partial charge in [0.2, 0.25) is 0 Å². The molecule has 0 amide bonds. The first-order valence-electron chi connectivity index (χ1n) is 11.4. The predicted octanol–water partition coefficient (Wildman–Crippen LogP) is 5.91. The fourth-order valence-corrected chi connectivity index (χ4v) is 5.51. The summed E-state index contributed by atoms with van der Waals surface area (Å²) in [6, 6.07) is 15.2. The summed E-state index contributed by atoms with van der Waals surface area (Å²) >= 11 is 6.37. The van der Waals surface area contributed by atoms with Crippen LogP contribution in [0.25, 0.3) is 10.9 Å². The van der Waals surface area contributed by atoms with Crippen LogP contribution in [-0.2, 0) is 4.79 Å². The molecule has 0 unspecified atom stereocenters. The molecule has 3 heterocycles. The fraction of sp³-hybridized carbons (Fsp3) is 0.385. The topological polar surface area (TPSA) is 63.1 Å². The molecule has 0 aliphatic carbocycles. The summed E-state index contributed by atoms with van der Waals surface area (Å²) in [5.41, 5.74) is 5.34. The molecule has 2 fully saturated rings. The number of piperidine rings is 2. The summed E-state index contributed by atoms with van der Waals surface area (Å²) in [6.45, 7) is 3.87. The lowest BCUT2D eigenvalue weighted by atomic mass is 9.89. The van der Waals surface area contributed by atoms with Gasteiger partial charge < -0.3 is 19.6 Å². The minimum atomic E-state index is 0. The standard InChI is InChI=1S/C26H27ClN4O.ClH/c27-23-5-6-24(26-25(23)21(15-28)16-29-26)31-13-9-20(10-14-31)19-1-3-22(4-2-19)30-11-7-18(17-32)8-12-30;/h1-6,16-18,20,29H,7-14H2;1H. The van der Waals surface area contributed by atoms with Gasteiger partial charge in [0.05, 0.1) is 21.8 Å². The first-order chi connectivity index (χ1) is 15.7. The SMILES string of the molecule is Cl.N#Cc1c[nH]c2c(N3CCC(c4ccc(N5CCC(C=O)CC5)cc4)CC3)ccc(Cl)c12. The number of nitriles is 1. The van der Waals surface area contributed by atoms with Crippen molar-refractivity contribution in [2.24, 2.45) is 5.92 Å². The van der Waals surface area contributed by atoms with Gasteiger partial charge in [0, 0.05) is 49.4 Å². The maximum absolute atomic E-state index is 11.0. The number of hydrogen-bond donors (Lipinski definition) is 1. The summed E-state index contributed by atoms with van der Waals surface area (Å²) in [5.74, 6) is 0.789. The zero-order valence-corrected chi connectivity index (χ0v) is 20.0. The Hall–Kier alpha value is -2.68. The van der Waals surface area contributed by atoms with Gasteiger partial charge in [0.1, 0.15) is 12.4 Å². The normalized spacial score (nSPS) is 17.6. The largest absolute Gasteiger partial charge is 0.371 e. The van der Waals surface area contributed by atoms with E-state index in [4.69, 9.17) is 11.6 Å². The van der Waals surface area contributed by atoms with Gasteiger partial charge in [-0.3, -0.25) is 0 Å². The summed E-state index contributed by atoms with van der Waals surface area (Å²) in [5, 5.41) is 10.8. The number of nitrogens with one attached hydrogen (secondary N) is 1. The fourth-order valence-electron chi connectivity index (χ4n) is 5.25. The Labute approximate surface area is 205 Å². The number of halogens is 2. The molecule has 0 saturated carbocycles. The molecule has 3 aromatic rings. The van der Waals surface area contributed by atoms with E-state index in [9.17, 15) is 10.1 Å². The number of fused-ring (bicyclic) bond motifs is 1. The highest BCUT2D eigenvalue weighted by Crippen LogP contribution is 2.37. The minimum absolute atomic E-state index is 0. The summed E-state index contributed by atoms with van der Waals surface area (Å²) < 4.78 is 0. The molecule has 172 valence electrons. The van der Waals surface area contributed by atoms with Crippen LogP contribution < -0.4 is 9.80 Å². The van der Waals surface area contributed by atoms with E-state index >= 15 is 0 Å². The third kappa shape index (κ3) is 4.55. The molecule has 2 saturated heterocycles. The Bertz CT molecular complexity index is 1150. The van der Waals surface area contributed by atoms with Crippen LogP contribution in [0.4, 0.5) is 11.4 Å². The average Bonchev–Trinajstić information content (AvgIpc) is 3.30. The molecular weight excluding hydrogens is 455 g/mol. The molecule has 0 atom stereocenters. The number of aromatic amines is 1. The number of hydrogen-bond acceptors (Lipinski definition) is 4. The van der Waals surface area contributed by atoms with Gasteiger partial charge >= 0.3 is 0 Å². The molecule has 5 nitrogen and oxygen atoms in total. The number of carbonyl (C=O) groups is 1. The molecule has 2 aliphatic rings. The number of aldehydes is 1. The zero-order chi connectivity index (χ0) is 22.1. The average molecular weight is 483 g/mol. The van der Waals surface area contributed by atoms with E-state index in [1.165, 1.54) is 11.3 Å². The third-order valence-corrected chi connectivity index (χ3v) is 7.50. The number of anilines is 2. The van der Waals surface area contributed by atoms with E-state index in [0.29, 0.717) is 16.5 Å². The van der Waals surface area contributed by atoms with Crippen molar-refractivity contribution in [2.75, 3.05) is 36.0 Å². The van der Waals surface area contributed by atoms with Gasteiger partial charge in [0.15, 0.2) is 0 Å². The van der Waals surface area contributed by atoms with Crippen molar-refractivity contribution in [3.63, 3.8) is 0 Å². The van der Waals surface area contributed by atoms with Crippen molar-refractivity contribution in [3.05, 3.63) is 58.7 Å². The van der Waals surface area contributed by atoms with Crippen LogP contribution in [0.15, 0.2) is 42.6 Å². The number of rotatable bonds is 4. The highest BCUT2D eigenvalue weighted by molar-refractivity contribution is 6.36. The lowest BCUT2D eigenvalue weighted by Gasteiger charge is -2.35. The Morgan fingerprint density at radius 3 is 2.27 bits per heavy atom. The molecule has 5 rings (SSSR count). The Morgan fingerprint density at radius 2 is 1.64 bits per heavy atom. The number of benzene rings is 2. The number of aromatic nitrogens is 1. The maximum Gasteiger partial charge on any atom is 0.123 e. The number of H-pyrrole nitrogens is 1. The molecule has 0 spiro atoms. The van der Waals surface area contributed by atoms with E-state index in [1.807, 2.05) is 6.07 Å². The minimum Gasteiger partial charge on any atom is -0.371 e. The van der Waals surface area contributed by atoms with Crippen molar-refractivity contribution >= 4 is 52.6 Å². The van der Waals surface area contributed by atoms with Crippen molar-refractivity contribution in [1.82, 2.24) is 4.98 Å². The van der Waals surface area contributed by atoms with Gasteiger partial charge in [-0.25, -0.2) is 0 Å². The predicted molar refractivity (Wildman–Crippen MR) is 137 cm³/mol. The van der Waals surface area contributed by atoms with Crippen LogP contribution in [0.3, 0.4) is 0 Å². The number of nitrogens with zero attached hydrogens (tertiary/aromatic N) is 3. The van der Waals surface area contributed by atoms with Crippen LogP contribution in [0.5, 0.6) is 0 Å². The molecule has 7 heteroatoms. The smallest absolute Gasteiger partial charge is 0.123 e. The summed E-state index contributed by atoms with van der Waals surface area (Å²) in [7, 11) is 0. The second-order valence-corrected chi connectivity index (χ2v) is 9.35. The molecule has 0 radical (unpaired) electrons. The first-order valence-corrected chi connectivity index (χ1v) is 11.8. The van der Waals surface area contributed by atoms with Crippen molar-refractivity contribution in [2.45, 2.75) is 31.6 Å². The zero-order valence-electron chi connectivity index (χ0n) is 18.5. The molecule has 33 heavy (non-hydrogen) atoms. The quantitative estimate of drug-likeness (QED) is 0.469. The molecule has 2 aromatic carbocycles. The van der Waals surface area contributed by atoms with Gasteiger partial charge in [-0.05, 0) is 61.4 Å². The van der Waals surface area contributed by atoms with Crippen LogP contribution in [0.1, 0.15) is 42.7 Å². The van der Waals surface area contributed by atoms with Gasteiger partial charge in [-0.15, -0.1) is 12.4 Å². The molecule has 1 N–H and O–H groups in total. The highest BCUT2D eigenvalue weighted by Gasteiger charge is 2.24. The second-order valence-electron chi connectivity index (χ2n) is 8.94. The van der Waals surface area contributed by atoms with Crippen LogP contribution in [0.2, 0.25) is 5.02 Å². The lowest BCUT2D eigenvalue weighted by Crippen LogP contribution is -2.34. The molecule has 1 aromatic heterocycles. The molecule has 0 bridgehead atoms. The Morgan fingerprint density at radius 1 is 0.970 bits per heavy atom. The van der Waals surface area contributed by atoms with Crippen LogP contribution in [-0.4, -0.2) is 37.4 Å². The van der Waals surface area contributed by atoms with Gasteiger partial charge in [-0.1, -0.05) is 23.7 Å². The van der Waals surface area contributed by atoms with E-state index in [1.54, 1.807) is 6.20 Å². The van der Waals surface area contributed by atoms with Crippen molar-refractivity contribution in [1.29, 1.82) is 5.26 Å². The maximum atomic E-state index is 11.0. The van der Waals surface area contributed by atoms with Crippen molar-refractivity contribution in [3.8, 4) is 6.07 Å². The van der Waals surface area contributed by atoms with E-state index in [0.717, 1.165) is 74.7 Å². The second kappa shape index (κ2) is 10.1. The van der Waals surface area contributed by atoms with Crippen LogP contribution >= 0.6 is 24.0 Å². The lowest BCUT2D eigenvalue weighted by molar-refractivity contribution is -0.111. The van der Waals surface area contributed by atoms with Gasteiger partial charge in [-0.2, -0.15) is 5.26 Å². The van der Waals surface area contributed by atoms with E-state index in [-0.39, 0.29) is 18.3 Å². The van der Waals surface area contributed by atoms with Gasteiger partial charge in [0.25, 0.3) is 0 Å².